The van der Waals surface area contributed by atoms with Gasteiger partial charge in [0.25, 0.3) is 5.91 Å². The Balaban J connectivity index is 1.37. The third-order valence-electron chi connectivity index (χ3n) is 6.41. The maximum atomic E-state index is 13.1. The Morgan fingerprint density at radius 2 is 1.50 bits per heavy atom. The maximum Gasteiger partial charge on any atom is 0.254 e. The second-order valence-corrected chi connectivity index (χ2v) is 8.10. The number of hydrogen-bond acceptors (Lipinski definition) is 3. The van der Waals surface area contributed by atoms with Gasteiger partial charge in [-0.15, -0.1) is 0 Å². The van der Waals surface area contributed by atoms with Crippen molar-refractivity contribution in [3.8, 4) is 0 Å². The van der Waals surface area contributed by atoms with Gasteiger partial charge in [0.1, 0.15) is 0 Å². The molecule has 2 heterocycles. The molecule has 4 rings (SSSR count). The number of carbonyl (C=O) groups excluding carboxylic acids is 2. The lowest BCUT2D eigenvalue weighted by atomic mass is 9.91. The van der Waals surface area contributed by atoms with Gasteiger partial charge in [0, 0.05) is 37.7 Å². The molecule has 2 aromatic rings. The second-order valence-electron chi connectivity index (χ2n) is 8.10. The van der Waals surface area contributed by atoms with E-state index in [1.165, 1.54) is 0 Å². The zero-order valence-corrected chi connectivity index (χ0v) is 16.3. The SMILES string of the molecule is NCC1CCN(C(=O)C2CCN(C(=O)c3cccc4ccccc34)CC2)CC1. The average molecular weight is 380 g/mol. The number of nitrogens with two attached hydrogens (primary N) is 1. The normalized spacial score (nSPS) is 19.2. The fourth-order valence-corrected chi connectivity index (χ4v) is 4.56. The molecule has 2 saturated heterocycles. The molecule has 5 nitrogen and oxygen atoms in total. The molecule has 2 aliphatic heterocycles. The summed E-state index contributed by atoms with van der Waals surface area (Å²) in [5, 5.41) is 2.08. The molecular weight excluding hydrogens is 350 g/mol. The molecular formula is C23H29N3O2. The molecule has 2 fully saturated rings. The van der Waals surface area contributed by atoms with Gasteiger partial charge in [-0.3, -0.25) is 9.59 Å². The van der Waals surface area contributed by atoms with Gasteiger partial charge in [0.05, 0.1) is 0 Å². The Hall–Kier alpha value is -2.40. The predicted molar refractivity (Wildman–Crippen MR) is 111 cm³/mol. The summed E-state index contributed by atoms with van der Waals surface area (Å²) >= 11 is 0. The van der Waals surface area contributed by atoms with Crippen LogP contribution in [0.2, 0.25) is 0 Å². The number of carbonyl (C=O) groups is 2. The van der Waals surface area contributed by atoms with Crippen LogP contribution in [0.4, 0.5) is 0 Å². The van der Waals surface area contributed by atoms with Crippen LogP contribution in [-0.4, -0.2) is 54.3 Å². The third kappa shape index (κ3) is 3.76. The van der Waals surface area contributed by atoms with E-state index in [2.05, 4.69) is 0 Å². The van der Waals surface area contributed by atoms with Crippen molar-refractivity contribution in [2.75, 3.05) is 32.7 Å². The summed E-state index contributed by atoms with van der Waals surface area (Å²) in [6.45, 7) is 3.68. The Morgan fingerprint density at radius 1 is 0.857 bits per heavy atom. The summed E-state index contributed by atoms with van der Waals surface area (Å²) < 4.78 is 0. The van der Waals surface area contributed by atoms with Gasteiger partial charge in [-0.2, -0.15) is 0 Å². The first kappa shape index (κ1) is 18.9. The summed E-state index contributed by atoms with van der Waals surface area (Å²) in [7, 11) is 0. The minimum Gasteiger partial charge on any atom is -0.342 e. The monoisotopic (exact) mass is 379 g/mol. The lowest BCUT2D eigenvalue weighted by molar-refractivity contribution is -0.138. The topological polar surface area (TPSA) is 66.6 Å². The van der Waals surface area contributed by atoms with E-state index in [-0.39, 0.29) is 17.7 Å². The van der Waals surface area contributed by atoms with Crippen LogP contribution in [0, 0.1) is 11.8 Å². The van der Waals surface area contributed by atoms with Crippen molar-refractivity contribution >= 4 is 22.6 Å². The van der Waals surface area contributed by atoms with Gasteiger partial charge in [0.2, 0.25) is 5.91 Å². The number of likely N-dealkylation sites (tertiary alicyclic amines) is 2. The summed E-state index contributed by atoms with van der Waals surface area (Å²) in [6.07, 6.45) is 3.54. The molecule has 0 bridgehead atoms. The molecule has 2 aliphatic rings. The number of benzene rings is 2. The standard InChI is InChI=1S/C23H29N3O2/c24-16-17-8-12-25(13-9-17)22(27)19-10-14-26(15-11-19)23(28)21-7-3-5-18-4-1-2-6-20(18)21/h1-7,17,19H,8-16,24H2. The largest absolute Gasteiger partial charge is 0.342 e. The quantitative estimate of drug-likeness (QED) is 0.892. The highest BCUT2D eigenvalue weighted by molar-refractivity contribution is 6.07. The molecule has 0 aromatic heterocycles. The first-order valence-corrected chi connectivity index (χ1v) is 10.4. The van der Waals surface area contributed by atoms with Crippen LogP contribution in [0.3, 0.4) is 0 Å². The first-order chi connectivity index (χ1) is 13.7. The van der Waals surface area contributed by atoms with Crippen LogP contribution in [0.15, 0.2) is 42.5 Å². The lowest BCUT2D eigenvalue weighted by Crippen LogP contribution is -2.47. The predicted octanol–water partition coefficient (Wildman–Crippen LogP) is 2.89. The van der Waals surface area contributed by atoms with Crippen LogP contribution in [0.25, 0.3) is 10.8 Å². The van der Waals surface area contributed by atoms with Gasteiger partial charge in [-0.1, -0.05) is 36.4 Å². The van der Waals surface area contributed by atoms with E-state index in [1.54, 1.807) is 0 Å². The molecule has 0 atom stereocenters. The lowest BCUT2D eigenvalue weighted by Gasteiger charge is -2.37. The van der Waals surface area contributed by atoms with Gasteiger partial charge in [0.15, 0.2) is 0 Å². The smallest absolute Gasteiger partial charge is 0.254 e. The van der Waals surface area contributed by atoms with Crippen molar-refractivity contribution in [1.29, 1.82) is 0 Å². The summed E-state index contributed by atoms with van der Waals surface area (Å²) in [6, 6.07) is 13.9. The fourth-order valence-electron chi connectivity index (χ4n) is 4.56. The minimum atomic E-state index is 0.0472. The van der Waals surface area contributed by atoms with Crippen LogP contribution in [0.1, 0.15) is 36.0 Å². The van der Waals surface area contributed by atoms with Gasteiger partial charge < -0.3 is 15.5 Å². The zero-order chi connectivity index (χ0) is 19.5. The highest BCUT2D eigenvalue weighted by atomic mass is 16.2. The highest BCUT2D eigenvalue weighted by Gasteiger charge is 2.32. The van der Waals surface area contributed by atoms with Crippen molar-refractivity contribution in [1.82, 2.24) is 9.80 Å². The number of rotatable bonds is 3. The number of piperidine rings is 2. The zero-order valence-electron chi connectivity index (χ0n) is 16.3. The molecule has 28 heavy (non-hydrogen) atoms. The Kier molecular flexibility index (Phi) is 5.62. The van der Waals surface area contributed by atoms with Gasteiger partial charge in [-0.05, 0) is 55.0 Å². The minimum absolute atomic E-state index is 0.0472. The number of amides is 2. The molecule has 0 radical (unpaired) electrons. The van der Waals surface area contributed by atoms with E-state index in [0.717, 1.165) is 61.7 Å². The van der Waals surface area contributed by atoms with E-state index in [9.17, 15) is 9.59 Å². The van der Waals surface area contributed by atoms with Crippen molar-refractivity contribution in [2.45, 2.75) is 25.7 Å². The van der Waals surface area contributed by atoms with Crippen molar-refractivity contribution in [2.24, 2.45) is 17.6 Å². The van der Waals surface area contributed by atoms with Crippen molar-refractivity contribution < 1.29 is 9.59 Å². The molecule has 2 aromatic carbocycles. The first-order valence-electron chi connectivity index (χ1n) is 10.4. The molecule has 0 spiro atoms. The van der Waals surface area contributed by atoms with Crippen molar-refractivity contribution in [3.05, 3.63) is 48.0 Å². The number of fused-ring (bicyclic) bond motifs is 1. The van der Waals surface area contributed by atoms with Crippen LogP contribution in [-0.2, 0) is 4.79 Å². The van der Waals surface area contributed by atoms with E-state index in [1.807, 2.05) is 52.3 Å². The summed E-state index contributed by atoms with van der Waals surface area (Å²) in [4.78, 5) is 29.9. The molecule has 0 saturated carbocycles. The van der Waals surface area contributed by atoms with Crippen molar-refractivity contribution in [3.63, 3.8) is 0 Å². The number of nitrogens with zero attached hydrogens (tertiary/aromatic N) is 2. The molecule has 0 aliphatic carbocycles. The van der Waals surface area contributed by atoms with Gasteiger partial charge >= 0.3 is 0 Å². The molecule has 0 unspecified atom stereocenters. The average Bonchev–Trinajstić information content (AvgIpc) is 2.78. The van der Waals surface area contributed by atoms with E-state index in [4.69, 9.17) is 5.73 Å². The summed E-state index contributed by atoms with van der Waals surface area (Å²) in [5.41, 5.74) is 6.51. The fraction of sp³-hybridized carbons (Fsp3) is 0.478. The van der Waals surface area contributed by atoms with Crippen LogP contribution < -0.4 is 5.73 Å². The highest BCUT2D eigenvalue weighted by Crippen LogP contribution is 2.26. The molecule has 2 amide bonds. The Labute approximate surface area is 166 Å². The Morgan fingerprint density at radius 3 is 2.21 bits per heavy atom. The van der Waals surface area contributed by atoms with Gasteiger partial charge in [-0.25, -0.2) is 0 Å². The van der Waals surface area contributed by atoms with E-state index in [0.29, 0.717) is 19.0 Å². The van der Waals surface area contributed by atoms with Crippen LogP contribution >= 0.6 is 0 Å². The molecule has 148 valence electrons. The van der Waals surface area contributed by atoms with Crippen LogP contribution in [0.5, 0.6) is 0 Å². The van der Waals surface area contributed by atoms with E-state index >= 15 is 0 Å². The van der Waals surface area contributed by atoms with E-state index < -0.39 is 0 Å². The maximum absolute atomic E-state index is 13.1. The molecule has 2 N–H and O–H groups in total. The second kappa shape index (κ2) is 8.31. The molecule has 5 heteroatoms. The summed E-state index contributed by atoms with van der Waals surface area (Å²) in [5.74, 6) is 0.953. The Bertz CT molecular complexity index is 845. The number of hydrogen-bond donors (Lipinski definition) is 1. The third-order valence-corrected chi connectivity index (χ3v) is 6.41.